The van der Waals surface area contributed by atoms with Crippen molar-refractivity contribution in [2.24, 2.45) is 11.5 Å². The van der Waals surface area contributed by atoms with Crippen LogP contribution in [0, 0.1) is 0 Å². The van der Waals surface area contributed by atoms with Gasteiger partial charge in [-0.15, -0.1) is 0 Å². The quantitative estimate of drug-likeness (QED) is 0.604. The Balaban J connectivity index is 4.22. The average Bonchev–Trinajstić information content (AvgIpc) is 2.13. The summed E-state index contributed by atoms with van der Waals surface area (Å²) >= 11 is 0. The number of carbonyl (C=O) groups is 2. The van der Waals surface area contributed by atoms with Crippen molar-refractivity contribution >= 4 is 11.8 Å². The van der Waals surface area contributed by atoms with Gasteiger partial charge in [-0.05, 0) is 13.3 Å². The number of amides is 2. The van der Waals surface area contributed by atoms with E-state index in [0.717, 1.165) is 6.42 Å². The number of carbonyl (C=O) groups excluding carboxylic acids is 2. The minimum absolute atomic E-state index is 0.0489. The summed E-state index contributed by atoms with van der Waals surface area (Å²) in [5, 5.41) is 0. The van der Waals surface area contributed by atoms with Gasteiger partial charge in [0.15, 0.2) is 0 Å². The van der Waals surface area contributed by atoms with Crippen LogP contribution in [0.5, 0.6) is 0 Å². The molecular formula is C9H19N3O2. The van der Waals surface area contributed by atoms with Gasteiger partial charge in [0.1, 0.15) is 0 Å². The summed E-state index contributed by atoms with van der Waals surface area (Å²) < 4.78 is 0. The summed E-state index contributed by atoms with van der Waals surface area (Å²) in [5.74, 6) is -0.711. The Labute approximate surface area is 84.4 Å². The first-order chi connectivity index (χ1) is 6.52. The van der Waals surface area contributed by atoms with Gasteiger partial charge < -0.3 is 16.4 Å². The summed E-state index contributed by atoms with van der Waals surface area (Å²) in [4.78, 5) is 23.6. The van der Waals surface area contributed by atoms with E-state index in [1.165, 1.54) is 4.90 Å². The third kappa shape index (κ3) is 4.23. The maximum Gasteiger partial charge on any atom is 0.239 e. The zero-order chi connectivity index (χ0) is 11.1. The molecule has 0 aromatic heterocycles. The first kappa shape index (κ1) is 12.9. The molecular weight excluding hydrogens is 182 g/mol. The lowest BCUT2D eigenvalue weighted by atomic mass is 10.1. The molecule has 1 atom stereocenters. The molecule has 0 aliphatic carbocycles. The van der Waals surface area contributed by atoms with E-state index in [4.69, 9.17) is 11.5 Å². The topological polar surface area (TPSA) is 89.4 Å². The van der Waals surface area contributed by atoms with E-state index < -0.39 is 11.9 Å². The average molecular weight is 201 g/mol. The Morgan fingerprint density at radius 1 is 1.36 bits per heavy atom. The van der Waals surface area contributed by atoms with Crippen molar-refractivity contribution in [3.63, 3.8) is 0 Å². The zero-order valence-electron chi connectivity index (χ0n) is 8.82. The molecule has 0 aromatic carbocycles. The van der Waals surface area contributed by atoms with E-state index >= 15 is 0 Å². The zero-order valence-corrected chi connectivity index (χ0v) is 8.82. The van der Waals surface area contributed by atoms with E-state index in [-0.39, 0.29) is 12.5 Å². The molecule has 0 rings (SSSR count). The molecule has 0 aliphatic heterocycles. The SMILES string of the molecule is CCC[C@H](N)C(=O)N(CC)CC(N)=O. The van der Waals surface area contributed by atoms with Gasteiger partial charge in [-0.1, -0.05) is 13.3 Å². The second kappa shape index (κ2) is 6.37. The predicted molar refractivity (Wildman–Crippen MR) is 54.3 cm³/mol. The molecule has 5 heteroatoms. The van der Waals surface area contributed by atoms with Gasteiger partial charge >= 0.3 is 0 Å². The maximum absolute atomic E-state index is 11.6. The molecule has 0 saturated carbocycles. The number of nitrogens with zero attached hydrogens (tertiary/aromatic N) is 1. The van der Waals surface area contributed by atoms with Crippen molar-refractivity contribution in [1.29, 1.82) is 0 Å². The Kier molecular flexibility index (Phi) is 5.87. The summed E-state index contributed by atoms with van der Waals surface area (Å²) in [6, 6.07) is -0.515. The molecule has 0 aromatic rings. The van der Waals surface area contributed by atoms with E-state index in [0.29, 0.717) is 13.0 Å². The lowest BCUT2D eigenvalue weighted by molar-refractivity contribution is -0.136. The second-order valence-corrected chi connectivity index (χ2v) is 3.21. The van der Waals surface area contributed by atoms with Crippen LogP contribution in [0.2, 0.25) is 0 Å². The molecule has 0 unspecified atom stereocenters. The summed E-state index contributed by atoms with van der Waals surface area (Å²) in [7, 11) is 0. The van der Waals surface area contributed by atoms with Crippen LogP contribution in [0.3, 0.4) is 0 Å². The predicted octanol–water partition coefficient (Wildman–Crippen LogP) is -0.552. The molecule has 0 bridgehead atoms. The highest BCUT2D eigenvalue weighted by Crippen LogP contribution is 1.99. The fourth-order valence-electron chi connectivity index (χ4n) is 1.20. The van der Waals surface area contributed by atoms with Crippen molar-refractivity contribution in [3.05, 3.63) is 0 Å². The maximum atomic E-state index is 11.6. The lowest BCUT2D eigenvalue weighted by Crippen LogP contribution is -2.46. The highest BCUT2D eigenvalue weighted by Gasteiger charge is 2.19. The number of rotatable bonds is 6. The molecule has 4 N–H and O–H groups in total. The monoisotopic (exact) mass is 201 g/mol. The van der Waals surface area contributed by atoms with Crippen LogP contribution in [0.25, 0.3) is 0 Å². The fraction of sp³-hybridized carbons (Fsp3) is 0.778. The first-order valence-corrected chi connectivity index (χ1v) is 4.85. The molecule has 5 nitrogen and oxygen atoms in total. The molecule has 0 radical (unpaired) electrons. The first-order valence-electron chi connectivity index (χ1n) is 4.85. The van der Waals surface area contributed by atoms with Crippen LogP contribution in [-0.4, -0.2) is 35.8 Å². The van der Waals surface area contributed by atoms with Gasteiger partial charge in [0.25, 0.3) is 0 Å². The smallest absolute Gasteiger partial charge is 0.239 e. The molecule has 0 aliphatic rings. The van der Waals surface area contributed by atoms with Gasteiger partial charge in [0, 0.05) is 6.54 Å². The fourth-order valence-corrected chi connectivity index (χ4v) is 1.20. The van der Waals surface area contributed by atoms with Crippen molar-refractivity contribution in [2.45, 2.75) is 32.7 Å². The summed E-state index contributed by atoms with van der Waals surface area (Å²) in [5.41, 5.74) is 10.6. The Morgan fingerprint density at radius 2 is 1.93 bits per heavy atom. The van der Waals surface area contributed by atoms with Crippen molar-refractivity contribution in [1.82, 2.24) is 4.90 Å². The van der Waals surface area contributed by atoms with Gasteiger partial charge in [-0.3, -0.25) is 9.59 Å². The Bertz CT molecular complexity index is 206. The number of hydrogen-bond acceptors (Lipinski definition) is 3. The number of primary amides is 1. The van der Waals surface area contributed by atoms with Crippen LogP contribution in [0.1, 0.15) is 26.7 Å². The third-order valence-corrected chi connectivity index (χ3v) is 1.96. The van der Waals surface area contributed by atoms with Gasteiger partial charge in [0.2, 0.25) is 11.8 Å². The highest BCUT2D eigenvalue weighted by molar-refractivity contribution is 5.86. The molecule has 2 amide bonds. The van der Waals surface area contributed by atoms with E-state index in [2.05, 4.69) is 0 Å². The van der Waals surface area contributed by atoms with Gasteiger partial charge in [-0.2, -0.15) is 0 Å². The van der Waals surface area contributed by atoms with Crippen LogP contribution >= 0.6 is 0 Å². The third-order valence-electron chi connectivity index (χ3n) is 1.96. The normalized spacial score (nSPS) is 12.2. The standard InChI is InChI=1S/C9H19N3O2/c1-3-5-7(10)9(14)12(4-2)6-8(11)13/h7H,3-6,10H2,1-2H3,(H2,11,13)/t7-/m0/s1. The second-order valence-electron chi connectivity index (χ2n) is 3.21. The van der Waals surface area contributed by atoms with Crippen molar-refractivity contribution in [2.75, 3.05) is 13.1 Å². The largest absolute Gasteiger partial charge is 0.368 e. The molecule has 0 spiro atoms. The van der Waals surface area contributed by atoms with Crippen LogP contribution in [0.15, 0.2) is 0 Å². The summed E-state index contributed by atoms with van der Waals surface area (Å²) in [6.07, 6.45) is 1.48. The lowest BCUT2D eigenvalue weighted by Gasteiger charge is -2.22. The number of hydrogen-bond donors (Lipinski definition) is 2. The minimum Gasteiger partial charge on any atom is -0.368 e. The molecule has 0 heterocycles. The molecule has 0 saturated heterocycles. The highest BCUT2D eigenvalue weighted by atomic mass is 16.2. The van der Waals surface area contributed by atoms with Crippen molar-refractivity contribution in [3.8, 4) is 0 Å². The van der Waals surface area contributed by atoms with Gasteiger partial charge in [0.05, 0.1) is 12.6 Å². The van der Waals surface area contributed by atoms with Crippen LogP contribution in [-0.2, 0) is 9.59 Å². The number of likely N-dealkylation sites (N-methyl/N-ethyl adjacent to an activating group) is 1. The van der Waals surface area contributed by atoms with E-state index in [9.17, 15) is 9.59 Å². The van der Waals surface area contributed by atoms with E-state index in [1.54, 1.807) is 6.92 Å². The minimum atomic E-state index is -0.515. The Morgan fingerprint density at radius 3 is 2.29 bits per heavy atom. The Hall–Kier alpha value is -1.10. The van der Waals surface area contributed by atoms with Crippen LogP contribution < -0.4 is 11.5 Å². The molecule has 82 valence electrons. The van der Waals surface area contributed by atoms with Gasteiger partial charge in [-0.25, -0.2) is 0 Å². The number of nitrogens with two attached hydrogens (primary N) is 2. The van der Waals surface area contributed by atoms with Crippen LogP contribution in [0.4, 0.5) is 0 Å². The molecule has 0 fully saturated rings. The van der Waals surface area contributed by atoms with E-state index in [1.807, 2.05) is 6.92 Å². The van der Waals surface area contributed by atoms with Crippen molar-refractivity contribution < 1.29 is 9.59 Å². The summed E-state index contributed by atoms with van der Waals surface area (Å²) in [6.45, 7) is 4.16. The molecule has 14 heavy (non-hydrogen) atoms.